The third-order valence-corrected chi connectivity index (χ3v) is 4.55. The van der Waals surface area contributed by atoms with E-state index in [-0.39, 0.29) is 24.1 Å². The molecule has 1 aliphatic rings. The number of aromatic hydroxyl groups is 1. The highest BCUT2D eigenvalue weighted by atomic mass is 19.1. The number of nitrogens with zero attached hydrogens (tertiary/aromatic N) is 2. The fourth-order valence-corrected chi connectivity index (χ4v) is 3.05. The number of hydrogen-bond donors (Lipinski definition) is 3. The van der Waals surface area contributed by atoms with E-state index in [0.717, 1.165) is 13.0 Å². The van der Waals surface area contributed by atoms with Gasteiger partial charge in [0, 0.05) is 13.6 Å². The molecule has 0 saturated carbocycles. The monoisotopic (exact) mass is 360 g/mol. The minimum absolute atomic E-state index is 0.128. The number of carbonyl (C=O) groups is 1. The molecule has 1 aliphatic heterocycles. The van der Waals surface area contributed by atoms with Crippen molar-refractivity contribution in [2.75, 3.05) is 6.54 Å². The fourth-order valence-electron chi connectivity index (χ4n) is 3.05. The van der Waals surface area contributed by atoms with Crippen molar-refractivity contribution >= 4 is 5.91 Å². The molecule has 1 aromatic heterocycles. The van der Waals surface area contributed by atoms with Crippen molar-refractivity contribution < 1.29 is 14.3 Å². The molecular formula is C18H21FN4O3. The Kier molecular flexibility index (Phi) is 5.03. The molecule has 138 valence electrons. The number of nitrogens with one attached hydrogen (secondary N) is 2. The Morgan fingerprint density at radius 2 is 2.12 bits per heavy atom. The minimum atomic E-state index is -0.682. The SMILES string of the molecule is C[C@H]1CN[C@H](c2nc(C(=O)NCc3ccc(F)cc3)c(O)c(=O)n2C)C1. The molecule has 0 spiro atoms. The molecular weight excluding hydrogens is 339 g/mol. The van der Waals surface area contributed by atoms with Crippen LogP contribution in [0.3, 0.4) is 0 Å². The number of amides is 1. The lowest BCUT2D eigenvalue weighted by Crippen LogP contribution is -2.32. The summed E-state index contributed by atoms with van der Waals surface area (Å²) < 4.78 is 14.2. The van der Waals surface area contributed by atoms with Crippen LogP contribution in [0.2, 0.25) is 0 Å². The van der Waals surface area contributed by atoms with Gasteiger partial charge in [0.05, 0.1) is 6.04 Å². The van der Waals surface area contributed by atoms with Crippen molar-refractivity contribution in [3.05, 3.63) is 57.5 Å². The molecule has 2 aromatic rings. The normalized spacial score (nSPS) is 19.5. The highest BCUT2D eigenvalue weighted by Crippen LogP contribution is 2.25. The molecule has 1 amide bonds. The summed E-state index contributed by atoms with van der Waals surface area (Å²) in [5.74, 6) is -0.852. The van der Waals surface area contributed by atoms with Crippen LogP contribution >= 0.6 is 0 Å². The van der Waals surface area contributed by atoms with Gasteiger partial charge in [-0.3, -0.25) is 14.2 Å². The Hall–Kier alpha value is -2.74. The summed E-state index contributed by atoms with van der Waals surface area (Å²) in [6.45, 7) is 3.01. The molecule has 7 nitrogen and oxygen atoms in total. The second-order valence-corrected chi connectivity index (χ2v) is 6.64. The maximum absolute atomic E-state index is 12.9. The zero-order valence-corrected chi connectivity index (χ0v) is 14.6. The minimum Gasteiger partial charge on any atom is -0.501 e. The quantitative estimate of drug-likeness (QED) is 0.762. The summed E-state index contributed by atoms with van der Waals surface area (Å²) in [7, 11) is 1.52. The molecule has 0 aliphatic carbocycles. The van der Waals surface area contributed by atoms with E-state index in [0.29, 0.717) is 17.3 Å². The van der Waals surface area contributed by atoms with Gasteiger partial charge in [0.15, 0.2) is 5.69 Å². The molecule has 1 aromatic carbocycles. The Labute approximate surface area is 149 Å². The maximum atomic E-state index is 12.9. The summed E-state index contributed by atoms with van der Waals surface area (Å²) >= 11 is 0. The second-order valence-electron chi connectivity index (χ2n) is 6.64. The zero-order chi connectivity index (χ0) is 18.8. The number of halogens is 1. The van der Waals surface area contributed by atoms with E-state index in [1.54, 1.807) is 12.1 Å². The van der Waals surface area contributed by atoms with Gasteiger partial charge in [-0.25, -0.2) is 9.37 Å². The van der Waals surface area contributed by atoms with Crippen molar-refractivity contribution in [2.45, 2.75) is 25.9 Å². The predicted molar refractivity (Wildman–Crippen MR) is 93.2 cm³/mol. The first kappa shape index (κ1) is 18.1. The largest absolute Gasteiger partial charge is 0.501 e. The van der Waals surface area contributed by atoms with Crippen LogP contribution in [0.1, 0.15) is 41.3 Å². The molecule has 1 fully saturated rings. The van der Waals surface area contributed by atoms with Crippen LogP contribution in [-0.2, 0) is 13.6 Å². The summed E-state index contributed by atoms with van der Waals surface area (Å²) in [4.78, 5) is 29.0. The van der Waals surface area contributed by atoms with Crippen LogP contribution < -0.4 is 16.2 Å². The topological polar surface area (TPSA) is 96.2 Å². The molecule has 0 radical (unpaired) electrons. The predicted octanol–water partition coefficient (Wildman–Crippen LogP) is 1.23. The summed E-state index contributed by atoms with van der Waals surface area (Å²) in [5.41, 5.74) is -0.274. The van der Waals surface area contributed by atoms with Crippen LogP contribution in [-0.4, -0.2) is 27.1 Å². The average Bonchev–Trinajstić information content (AvgIpc) is 3.05. The Bertz CT molecular complexity index is 879. The lowest BCUT2D eigenvalue weighted by Gasteiger charge is -2.16. The Morgan fingerprint density at radius 3 is 2.73 bits per heavy atom. The van der Waals surface area contributed by atoms with Crippen molar-refractivity contribution in [1.29, 1.82) is 0 Å². The number of carbonyl (C=O) groups excluding carboxylic acids is 1. The van der Waals surface area contributed by atoms with Gasteiger partial charge in [0.1, 0.15) is 11.6 Å². The van der Waals surface area contributed by atoms with E-state index in [4.69, 9.17) is 0 Å². The van der Waals surface area contributed by atoms with Gasteiger partial charge in [-0.2, -0.15) is 0 Å². The van der Waals surface area contributed by atoms with E-state index < -0.39 is 17.2 Å². The van der Waals surface area contributed by atoms with Crippen molar-refractivity contribution in [2.24, 2.45) is 13.0 Å². The first-order chi connectivity index (χ1) is 12.4. The molecule has 1 saturated heterocycles. The average molecular weight is 360 g/mol. The van der Waals surface area contributed by atoms with Gasteiger partial charge >= 0.3 is 0 Å². The summed E-state index contributed by atoms with van der Waals surface area (Å²) in [5, 5.41) is 15.9. The number of rotatable bonds is 4. The molecule has 3 N–H and O–H groups in total. The standard InChI is InChI=1S/C18H21FN4O3/c1-10-7-13(20-8-10)16-22-14(15(24)18(26)23(16)2)17(25)21-9-11-3-5-12(19)6-4-11/h3-6,10,13,20,24H,7-9H2,1-2H3,(H,21,25)/t10-,13+/m1/s1. The Balaban J connectivity index is 1.84. The summed E-state index contributed by atoms with van der Waals surface area (Å²) in [6, 6.07) is 5.53. The van der Waals surface area contributed by atoms with Crippen LogP contribution in [0.4, 0.5) is 4.39 Å². The number of aromatic nitrogens is 2. The zero-order valence-electron chi connectivity index (χ0n) is 14.6. The first-order valence-corrected chi connectivity index (χ1v) is 8.42. The maximum Gasteiger partial charge on any atom is 0.296 e. The van der Waals surface area contributed by atoms with Crippen LogP contribution in [0.25, 0.3) is 0 Å². The number of hydrogen-bond acceptors (Lipinski definition) is 5. The molecule has 3 rings (SSSR count). The lowest BCUT2D eigenvalue weighted by molar-refractivity contribution is 0.0941. The number of benzene rings is 1. The van der Waals surface area contributed by atoms with Gasteiger partial charge < -0.3 is 15.7 Å². The van der Waals surface area contributed by atoms with Crippen molar-refractivity contribution in [3.8, 4) is 5.75 Å². The van der Waals surface area contributed by atoms with Crippen LogP contribution in [0.15, 0.2) is 29.1 Å². The molecule has 2 atom stereocenters. The molecule has 26 heavy (non-hydrogen) atoms. The second kappa shape index (κ2) is 7.25. The van der Waals surface area contributed by atoms with Crippen molar-refractivity contribution in [3.63, 3.8) is 0 Å². The van der Waals surface area contributed by atoms with E-state index in [9.17, 15) is 19.1 Å². The van der Waals surface area contributed by atoms with Gasteiger partial charge in [-0.15, -0.1) is 0 Å². The first-order valence-electron chi connectivity index (χ1n) is 8.42. The van der Waals surface area contributed by atoms with Gasteiger partial charge in [-0.1, -0.05) is 19.1 Å². The Morgan fingerprint density at radius 1 is 1.42 bits per heavy atom. The highest BCUT2D eigenvalue weighted by molar-refractivity contribution is 5.94. The van der Waals surface area contributed by atoms with Gasteiger partial charge in [-0.05, 0) is 36.6 Å². The summed E-state index contributed by atoms with van der Waals surface area (Å²) in [6.07, 6.45) is 0.793. The smallest absolute Gasteiger partial charge is 0.296 e. The van der Waals surface area contributed by atoms with E-state index in [2.05, 4.69) is 22.5 Å². The van der Waals surface area contributed by atoms with Gasteiger partial charge in [0.2, 0.25) is 5.75 Å². The van der Waals surface area contributed by atoms with E-state index in [1.807, 2.05) is 0 Å². The molecule has 2 heterocycles. The van der Waals surface area contributed by atoms with Gasteiger partial charge in [0.25, 0.3) is 11.5 Å². The third-order valence-electron chi connectivity index (χ3n) is 4.55. The lowest BCUT2D eigenvalue weighted by atomic mass is 10.1. The van der Waals surface area contributed by atoms with Crippen molar-refractivity contribution in [1.82, 2.24) is 20.2 Å². The molecule has 0 unspecified atom stereocenters. The molecule has 8 heteroatoms. The van der Waals surface area contributed by atoms with Crippen LogP contribution in [0, 0.1) is 11.7 Å². The highest BCUT2D eigenvalue weighted by Gasteiger charge is 2.28. The van der Waals surface area contributed by atoms with E-state index >= 15 is 0 Å². The van der Waals surface area contributed by atoms with Crippen LogP contribution in [0.5, 0.6) is 5.75 Å². The molecule has 0 bridgehead atoms. The van der Waals surface area contributed by atoms with E-state index in [1.165, 1.54) is 23.7 Å². The third kappa shape index (κ3) is 3.60. The fraction of sp³-hybridized carbons (Fsp3) is 0.389.